The summed E-state index contributed by atoms with van der Waals surface area (Å²) in [7, 11) is 0. The third kappa shape index (κ3) is 2.31. The van der Waals surface area contributed by atoms with Gasteiger partial charge >= 0.3 is 0 Å². The van der Waals surface area contributed by atoms with Crippen molar-refractivity contribution in [3.05, 3.63) is 108 Å². The smallest absolute Gasteiger partial charge is 0.182 e. The molecule has 4 rings (SSSR count). The van der Waals surface area contributed by atoms with Crippen molar-refractivity contribution in [2.75, 3.05) is 0 Å². The Morgan fingerprint density at radius 1 is 0.708 bits per heavy atom. The second kappa shape index (κ2) is 5.97. The summed E-state index contributed by atoms with van der Waals surface area (Å²) in [4.78, 5) is 5.01. The fourth-order valence-electron chi connectivity index (χ4n) is 3.51. The highest BCUT2D eigenvalue weighted by molar-refractivity contribution is 5.77. The first-order valence-electron chi connectivity index (χ1n) is 8.20. The van der Waals surface area contributed by atoms with Gasteiger partial charge in [-0.15, -0.1) is 0 Å². The third-order valence-corrected chi connectivity index (χ3v) is 4.53. The molecule has 0 bridgehead atoms. The highest BCUT2D eigenvalue weighted by Crippen LogP contribution is 2.50. The largest absolute Gasteiger partial charge is 0.470 e. The molecule has 0 spiro atoms. The average molecular weight is 313 g/mol. The van der Waals surface area contributed by atoms with Gasteiger partial charge in [-0.3, -0.25) is 0 Å². The van der Waals surface area contributed by atoms with Gasteiger partial charge in [0.15, 0.2) is 17.5 Å². The molecule has 0 aliphatic carbocycles. The first-order chi connectivity index (χ1) is 11.8. The van der Waals surface area contributed by atoms with Gasteiger partial charge < -0.3 is 4.74 Å². The minimum atomic E-state index is -0.562. The van der Waals surface area contributed by atoms with Gasteiger partial charge in [0, 0.05) is 6.92 Å². The Morgan fingerprint density at radius 2 is 1.17 bits per heavy atom. The van der Waals surface area contributed by atoms with Gasteiger partial charge in [0.1, 0.15) is 0 Å². The highest BCUT2D eigenvalue weighted by atomic mass is 16.5. The molecular weight excluding hydrogens is 294 g/mol. The van der Waals surface area contributed by atoms with Gasteiger partial charge in [-0.2, -0.15) is 0 Å². The number of rotatable bonds is 3. The van der Waals surface area contributed by atoms with E-state index in [4.69, 9.17) is 9.73 Å². The summed E-state index contributed by atoms with van der Waals surface area (Å²) in [5.41, 5.74) is 2.85. The van der Waals surface area contributed by atoms with Gasteiger partial charge in [-0.05, 0) is 16.7 Å². The molecule has 0 amide bonds. The number of hydrogen-bond acceptors (Lipinski definition) is 2. The van der Waals surface area contributed by atoms with Crippen molar-refractivity contribution in [1.82, 2.24) is 0 Å². The number of aliphatic imine (C=N–C) groups is 1. The molecule has 3 aromatic carbocycles. The molecule has 118 valence electrons. The summed E-state index contributed by atoms with van der Waals surface area (Å²) in [6.07, 6.45) is -0.177. The SMILES string of the molecule is CC1=NC(c2ccccc2)(c2ccccc2)[C@@H](c2ccccc2)O1. The molecule has 0 saturated heterocycles. The summed E-state index contributed by atoms with van der Waals surface area (Å²) < 4.78 is 6.22. The van der Waals surface area contributed by atoms with Crippen molar-refractivity contribution in [2.45, 2.75) is 18.6 Å². The van der Waals surface area contributed by atoms with Gasteiger partial charge in [0.05, 0.1) is 0 Å². The fourth-order valence-corrected chi connectivity index (χ4v) is 3.51. The van der Waals surface area contributed by atoms with E-state index in [1.54, 1.807) is 0 Å². The second-order valence-corrected chi connectivity index (χ2v) is 6.04. The topological polar surface area (TPSA) is 21.6 Å². The van der Waals surface area contributed by atoms with Gasteiger partial charge in [0.25, 0.3) is 0 Å². The monoisotopic (exact) mass is 313 g/mol. The Bertz CT molecular complexity index is 801. The molecule has 2 nitrogen and oxygen atoms in total. The van der Waals surface area contributed by atoms with E-state index in [0.717, 1.165) is 22.6 Å². The lowest BCUT2D eigenvalue weighted by atomic mass is 9.76. The molecule has 1 aliphatic heterocycles. The molecule has 0 N–H and O–H groups in total. The van der Waals surface area contributed by atoms with Gasteiger partial charge in [-0.25, -0.2) is 4.99 Å². The van der Waals surface area contributed by atoms with E-state index in [9.17, 15) is 0 Å². The van der Waals surface area contributed by atoms with Crippen LogP contribution in [0.4, 0.5) is 0 Å². The average Bonchev–Trinajstić information content (AvgIpc) is 3.02. The van der Waals surface area contributed by atoms with Crippen LogP contribution in [-0.4, -0.2) is 5.90 Å². The van der Waals surface area contributed by atoms with Crippen LogP contribution in [0.5, 0.6) is 0 Å². The minimum absolute atomic E-state index is 0.177. The summed E-state index contributed by atoms with van der Waals surface area (Å²) in [5, 5.41) is 0. The number of benzene rings is 3. The maximum absolute atomic E-state index is 6.22. The normalized spacial score (nSPS) is 18.7. The van der Waals surface area contributed by atoms with Crippen molar-refractivity contribution in [1.29, 1.82) is 0 Å². The minimum Gasteiger partial charge on any atom is -0.470 e. The first-order valence-corrected chi connectivity index (χ1v) is 8.20. The molecule has 0 aromatic heterocycles. The highest BCUT2D eigenvalue weighted by Gasteiger charge is 2.48. The zero-order valence-electron chi connectivity index (χ0n) is 13.6. The standard InChI is InChI=1S/C22H19NO/c1-17-23-22(19-13-7-3-8-14-19,20-15-9-4-10-16-20)21(24-17)18-11-5-2-6-12-18/h2-16,21H,1H3/t21-/m1/s1. The van der Waals surface area contributed by atoms with E-state index in [0.29, 0.717) is 0 Å². The molecule has 2 heteroatoms. The molecule has 1 heterocycles. The third-order valence-electron chi connectivity index (χ3n) is 4.53. The number of hydrogen-bond donors (Lipinski definition) is 0. The van der Waals surface area contributed by atoms with E-state index in [2.05, 4.69) is 60.7 Å². The molecule has 3 aromatic rings. The van der Waals surface area contributed by atoms with Crippen LogP contribution < -0.4 is 0 Å². The summed E-state index contributed by atoms with van der Waals surface area (Å²) in [6, 6.07) is 31.2. The lowest BCUT2D eigenvalue weighted by Crippen LogP contribution is -2.30. The Balaban J connectivity index is 1.98. The van der Waals surface area contributed by atoms with Crippen LogP contribution in [0, 0.1) is 0 Å². The van der Waals surface area contributed by atoms with E-state index >= 15 is 0 Å². The van der Waals surface area contributed by atoms with Crippen LogP contribution in [0.1, 0.15) is 29.7 Å². The van der Waals surface area contributed by atoms with Crippen molar-refractivity contribution >= 4 is 5.90 Å². The predicted molar refractivity (Wildman–Crippen MR) is 97.0 cm³/mol. The zero-order valence-corrected chi connectivity index (χ0v) is 13.6. The molecule has 0 saturated carbocycles. The lowest BCUT2D eigenvalue weighted by Gasteiger charge is -2.33. The molecule has 1 atom stereocenters. The quantitative estimate of drug-likeness (QED) is 0.657. The van der Waals surface area contributed by atoms with Gasteiger partial charge in [0.2, 0.25) is 0 Å². The molecule has 0 unspecified atom stereocenters. The number of ether oxygens (including phenoxy) is 1. The van der Waals surface area contributed by atoms with E-state index in [1.807, 2.05) is 37.3 Å². The van der Waals surface area contributed by atoms with Crippen LogP contribution >= 0.6 is 0 Å². The molecule has 24 heavy (non-hydrogen) atoms. The Kier molecular flexibility index (Phi) is 3.66. The van der Waals surface area contributed by atoms with Crippen molar-refractivity contribution in [3.8, 4) is 0 Å². The predicted octanol–water partition coefficient (Wildman–Crippen LogP) is 5.12. The molecule has 0 radical (unpaired) electrons. The lowest BCUT2D eigenvalue weighted by molar-refractivity contribution is 0.157. The Hall–Kier alpha value is -2.87. The van der Waals surface area contributed by atoms with E-state index in [-0.39, 0.29) is 6.10 Å². The van der Waals surface area contributed by atoms with Crippen LogP contribution in [-0.2, 0) is 10.3 Å². The Morgan fingerprint density at radius 3 is 1.67 bits per heavy atom. The van der Waals surface area contributed by atoms with E-state index < -0.39 is 5.54 Å². The Labute approximate surface area is 142 Å². The maximum Gasteiger partial charge on any atom is 0.182 e. The van der Waals surface area contributed by atoms with E-state index in [1.165, 1.54) is 0 Å². The van der Waals surface area contributed by atoms with Gasteiger partial charge in [-0.1, -0.05) is 91.0 Å². The van der Waals surface area contributed by atoms with Crippen LogP contribution in [0.25, 0.3) is 0 Å². The van der Waals surface area contributed by atoms with Crippen LogP contribution in [0.3, 0.4) is 0 Å². The molecule has 0 fully saturated rings. The number of nitrogens with zero attached hydrogens (tertiary/aromatic N) is 1. The summed E-state index contributed by atoms with van der Waals surface area (Å²) in [5.74, 6) is 0.719. The maximum atomic E-state index is 6.22. The van der Waals surface area contributed by atoms with Crippen molar-refractivity contribution in [2.24, 2.45) is 4.99 Å². The first kappa shape index (κ1) is 14.7. The molecule has 1 aliphatic rings. The van der Waals surface area contributed by atoms with Crippen LogP contribution in [0.2, 0.25) is 0 Å². The van der Waals surface area contributed by atoms with Crippen LogP contribution in [0.15, 0.2) is 96.0 Å². The fraction of sp³-hybridized carbons (Fsp3) is 0.136. The summed E-state index contributed by atoms with van der Waals surface area (Å²) in [6.45, 7) is 1.93. The summed E-state index contributed by atoms with van der Waals surface area (Å²) >= 11 is 0. The molecular formula is C22H19NO. The zero-order chi connectivity index (χ0) is 16.4. The second-order valence-electron chi connectivity index (χ2n) is 6.04. The van der Waals surface area contributed by atoms with Crippen molar-refractivity contribution in [3.63, 3.8) is 0 Å². The van der Waals surface area contributed by atoms with Crippen molar-refractivity contribution < 1.29 is 4.74 Å².